The minimum Gasteiger partial charge on any atom is -0.345 e. The van der Waals surface area contributed by atoms with Gasteiger partial charge in [0.15, 0.2) is 5.13 Å². The van der Waals surface area contributed by atoms with Crippen molar-refractivity contribution in [1.29, 1.82) is 0 Å². The zero-order valence-electron chi connectivity index (χ0n) is 11.2. The number of carbonyl (C=O) groups excluding carboxylic acids is 1. The smallest absolute Gasteiger partial charge is 0.257 e. The van der Waals surface area contributed by atoms with Crippen molar-refractivity contribution >= 4 is 44.7 Å². The van der Waals surface area contributed by atoms with Gasteiger partial charge in [-0.2, -0.15) is 0 Å². The van der Waals surface area contributed by atoms with Gasteiger partial charge in [0.05, 0.1) is 27.9 Å². The van der Waals surface area contributed by atoms with E-state index in [0.29, 0.717) is 10.7 Å². The number of benzene rings is 1. The van der Waals surface area contributed by atoms with Gasteiger partial charge in [0.1, 0.15) is 0 Å². The van der Waals surface area contributed by atoms with Crippen molar-refractivity contribution in [3.63, 3.8) is 0 Å². The summed E-state index contributed by atoms with van der Waals surface area (Å²) >= 11 is 3.05. The van der Waals surface area contributed by atoms with Crippen LogP contribution in [0.4, 0.5) is 5.13 Å². The highest BCUT2D eigenvalue weighted by atomic mass is 32.1. The summed E-state index contributed by atoms with van der Waals surface area (Å²) in [5.74, 6) is -0.177. The molecule has 1 amide bonds. The van der Waals surface area contributed by atoms with E-state index in [-0.39, 0.29) is 5.91 Å². The molecule has 22 heavy (non-hydrogen) atoms. The van der Waals surface area contributed by atoms with E-state index in [1.165, 1.54) is 11.3 Å². The van der Waals surface area contributed by atoms with E-state index in [4.69, 9.17) is 0 Å². The summed E-state index contributed by atoms with van der Waals surface area (Å²) in [6.45, 7) is 0. The maximum Gasteiger partial charge on any atom is 0.257 e. The Balaban J connectivity index is 1.56. The Morgan fingerprint density at radius 1 is 1.23 bits per heavy atom. The van der Waals surface area contributed by atoms with Crippen LogP contribution in [0.2, 0.25) is 0 Å². The topological polar surface area (TPSA) is 70.7 Å². The van der Waals surface area contributed by atoms with E-state index < -0.39 is 0 Å². The number of nitrogens with zero attached hydrogens (tertiary/aromatic N) is 2. The van der Waals surface area contributed by atoms with Gasteiger partial charge in [-0.05, 0) is 29.6 Å². The van der Waals surface area contributed by atoms with Gasteiger partial charge in [-0.15, -0.1) is 22.7 Å². The number of imidazole rings is 1. The maximum absolute atomic E-state index is 12.3. The fourth-order valence-corrected chi connectivity index (χ4v) is 3.58. The Morgan fingerprint density at radius 3 is 3.05 bits per heavy atom. The molecule has 0 aliphatic heterocycles. The Bertz CT molecular complexity index is 939. The van der Waals surface area contributed by atoms with Crippen LogP contribution in [0.25, 0.3) is 21.6 Å². The standard InChI is InChI=1S/C15H10N4OS2/c20-14(9-3-4-10-11(6-9)17-8-16-10)19-15-18-12(7-22-15)13-2-1-5-21-13/h1-8H,(H,16,17)(H,18,19,20). The molecule has 0 fully saturated rings. The highest BCUT2D eigenvalue weighted by Crippen LogP contribution is 2.28. The number of aromatic nitrogens is 3. The summed E-state index contributed by atoms with van der Waals surface area (Å²) in [4.78, 5) is 25.0. The largest absolute Gasteiger partial charge is 0.345 e. The van der Waals surface area contributed by atoms with Crippen LogP contribution in [-0.4, -0.2) is 20.9 Å². The van der Waals surface area contributed by atoms with Gasteiger partial charge in [0, 0.05) is 10.9 Å². The summed E-state index contributed by atoms with van der Waals surface area (Å²) in [6, 6.07) is 9.35. The number of thiophene rings is 1. The Kier molecular flexibility index (Phi) is 3.21. The molecule has 0 unspecified atom stereocenters. The second-order valence-electron chi connectivity index (χ2n) is 4.60. The molecule has 0 aliphatic carbocycles. The van der Waals surface area contributed by atoms with E-state index in [1.807, 2.05) is 29.0 Å². The average molecular weight is 326 g/mol. The normalized spacial score (nSPS) is 10.9. The van der Waals surface area contributed by atoms with Crippen molar-refractivity contribution in [2.45, 2.75) is 0 Å². The number of hydrogen-bond acceptors (Lipinski definition) is 5. The first-order valence-electron chi connectivity index (χ1n) is 6.53. The molecule has 3 heterocycles. The molecule has 0 bridgehead atoms. The monoisotopic (exact) mass is 326 g/mol. The van der Waals surface area contributed by atoms with Gasteiger partial charge < -0.3 is 4.98 Å². The molecule has 5 nitrogen and oxygen atoms in total. The minimum absolute atomic E-state index is 0.177. The quantitative estimate of drug-likeness (QED) is 0.598. The van der Waals surface area contributed by atoms with Crippen molar-refractivity contribution in [3.05, 3.63) is 53.0 Å². The van der Waals surface area contributed by atoms with Gasteiger partial charge in [-0.3, -0.25) is 10.1 Å². The predicted molar refractivity (Wildman–Crippen MR) is 89.5 cm³/mol. The van der Waals surface area contributed by atoms with E-state index in [2.05, 4.69) is 20.3 Å². The van der Waals surface area contributed by atoms with Crippen LogP contribution < -0.4 is 5.32 Å². The zero-order valence-corrected chi connectivity index (χ0v) is 12.9. The van der Waals surface area contributed by atoms with E-state index in [1.54, 1.807) is 29.8 Å². The zero-order chi connectivity index (χ0) is 14.9. The van der Waals surface area contributed by atoms with E-state index >= 15 is 0 Å². The molecule has 0 aliphatic rings. The first-order chi connectivity index (χ1) is 10.8. The lowest BCUT2D eigenvalue weighted by atomic mass is 10.2. The van der Waals surface area contributed by atoms with E-state index in [9.17, 15) is 4.79 Å². The first kappa shape index (κ1) is 13.2. The lowest BCUT2D eigenvalue weighted by Gasteiger charge is -2.01. The molecule has 108 valence electrons. The van der Waals surface area contributed by atoms with Crippen LogP contribution in [0, 0.1) is 0 Å². The SMILES string of the molecule is O=C(Nc1nc(-c2cccs2)cs1)c1ccc2nc[nH]c2c1. The molecule has 1 aromatic carbocycles. The summed E-state index contributed by atoms with van der Waals surface area (Å²) in [5, 5.41) is 7.38. The number of thiazole rings is 1. The van der Waals surface area contributed by atoms with Crippen LogP contribution in [0.15, 0.2) is 47.4 Å². The van der Waals surface area contributed by atoms with Crippen molar-refractivity contribution in [2.75, 3.05) is 5.32 Å². The van der Waals surface area contributed by atoms with Crippen LogP contribution in [-0.2, 0) is 0 Å². The van der Waals surface area contributed by atoms with Crippen molar-refractivity contribution < 1.29 is 4.79 Å². The number of H-pyrrole nitrogens is 1. The number of rotatable bonds is 3. The van der Waals surface area contributed by atoms with Gasteiger partial charge >= 0.3 is 0 Å². The Hall–Kier alpha value is -2.51. The highest BCUT2D eigenvalue weighted by molar-refractivity contribution is 7.16. The summed E-state index contributed by atoms with van der Waals surface area (Å²) in [7, 11) is 0. The number of fused-ring (bicyclic) bond motifs is 1. The molecule has 0 spiro atoms. The first-order valence-corrected chi connectivity index (χ1v) is 8.29. The molecule has 2 N–H and O–H groups in total. The molecule has 0 saturated carbocycles. The second kappa shape index (κ2) is 5.36. The second-order valence-corrected chi connectivity index (χ2v) is 6.41. The van der Waals surface area contributed by atoms with Gasteiger partial charge in [0.2, 0.25) is 0 Å². The molecule has 0 saturated heterocycles. The van der Waals surface area contributed by atoms with Gasteiger partial charge in [0.25, 0.3) is 5.91 Å². The third-order valence-electron chi connectivity index (χ3n) is 3.18. The molecule has 7 heteroatoms. The van der Waals surface area contributed by atoms with Crippen LogP contribution in [0.3, 0.4) is 0 Å². The van der Waals surface area contributed by atoms with E-state index in [0.717, 1.165) is 21.6 Å². The minimum atomic E-state index is -0.177. The highest BCUT2D eigenvalue weighted by Gasteiger charge is 2.11. The Labute approximate surface area is 133 Å². The third-order valence-corrected chi connectivity index (χ3v) is 4.83. The number of nitrogens with one attached hydrogen (secondary N) is 2. The lowest BCUT2D eigenvalue weighted by molar-refractivity contribution is 0.102. The molecule has 4 rings (SSSR count). The van der Waals surface area contributed by atoms with Crippen LogP contribution in [0.5, 0.6) is 0 Å². The number of amides is 1. The summed E-state index contributed by atoms with van der Waals surface area (Å²) in [5.41, 5.74) is 3.14. The lowest BCUT2D eigenvalue weighted by Crippen LogP contribution is -2.11. The summed E-state index contributed by atoms with van der Waals surface area (Å²) in [6.07, 6.45) is 1.61. The summed E-state index contributed by atoms with van der Waals surface area (Å²) < 4.78 is 0. The van der Waals surface area contributed by atoms with Crippen LogP contribution >= 0.6 is 22.7 Å². The molecular weight excluding hydrogens is 316 g/mol. The molecule has 4 aromatic rings. The molecule has 3 aromatic heterocycles. The number of carbonyl (C=O) groups is 1. The Morgan fingerprint density at radius 2 is 2.18 bits per heavy atom. The van der Waals surface area contributed by atoms with Crippen LogP contribution in [0.1, 0.15) is 10.4 Å². The predicted octanol–water partition coefficient (Wildman–Crippen LogP) is 4.00. The van der Waals surface area contributed by atoms with Gasteiger partial charge in [-0.1, -0.05) is 6.07 Å². The van der Waals surface area contributed by atoms with Crippen molar-refractivity contribution in [1.82, 2.24) is 15.0 Å². The fourth-order valence-electron chi connectivity index (χ4n) is 2.11. The molecule has 0 radical (unpaired) electrons. The van der Waals surface area contributed by atoms with Gasteiger partial charge in [-0.25, -0.2) is 9.97 Å². The fraction of sp³-hybridized carbons (Fsp3) is 0. The average Bonchev–Trinajstić information content (AvgIpc) is 3.27. The number of aromatic amines is 1. The molecular formula is C15H10N4OS2. The van der Waals surface area contributed by atoms with Crippen molar-refractivity contribution in [3.8, 4) is 10.6 Å². The maximum atomic E-state index is 12.3. The third kappa shape index (κ3) is 2.40. The number of hydrogen-bond donors (Lipinski definition) is 2. The molecule has 0 atom stereocenters. The van der Waals surface area contributed by atoms with Crippen molar-refractivity contribution in [2.24, 2.45) is 0 Å². The number of anilines is 1.